The largest absolute Gasteiger partial charge is 0.352 e. The Hall–Kier alpha value is -4.12. The first-order valence-electron chi connectivity index (χ1n) is 13.8. The molecule has 4 aromatic rings. The van der Waals surface area contributed by atoms with E-state index in [0.29, 0.717) is 11.1 Å². The highest BCUT2D eigenvalue weighted by Gasteiger charge is 2.33. The number of nitrogens with zero attached hydrogens (tertiary/aromatic N) is 7. The third-order valence-electron chi connectivity index (χ3n) is 8.33. The van der Waals surface area contributed by atoms with E-state index < -0.39 is 5.54 Å². The summed E-state index contributed by atoms with van der Waals surface area (Å²) in [6.45, 7) is 5.97. The van der Waals surface area contributed by atoms with Gasteiger partial charge in [0.05, 0.1) is 40.6 Å². The van der Waals surface area contributed by atoms with Gasteiger partial charge in [-0.1, -0.05) is 23.9 Å². The molecule has 0 bridgehead atoms. The average Bonchev–Trinajstić information content (AvgIpc) is 3.56. The molecule has 0 unspecified atom stereocenters. The summed E-state index contributed by atoms with van der Waals surface area (Å²) in [5, 5.41) is 31.8. The molecule has 10 heteroatoms. The van der Waals surface area contributed by atoms with Gasteiger partial charge in [-0.05, 0) is 78.7 Å². The van der Waals surface area contributed by atoms with Crippen LogP contribution in [0.15, 0.2) is 58.7 Å². The Bertz CT molecular complexity index is 1680. The van der Waals surface area contributed by atoms with Crippen LogP contribution in [0.25, 0.3) is 16.6 Å². The van der Waals surface area contributed by atoms with Crippen molar-refractivity contribution in [3.63, 3.8) is 0 Å². The Morgan fingerprint density at radius 1 is 1.05 bits per heavy atom. The summed E-state index contributed by atoms with van der Waals surface area (Å²) >= 11 is 1.46. The van der Waals surface area contributed by atoms with E-state index in [2.05, 4.69) is 40.2 Å². The van der Waals surface area contributed by atoms with Gasteiger partial charge >= 0.3 is 0 Å². The van der Waals surface area contributed by atoms with E-state index in [1.165, 1.54) is 11.8 Å². The van der Waals surface area contributed by atoms with Gasteiger partial charge in [-0.3, -0.25) is 14.4 Å². The summed E-state index contributed by atoms with van der Waals surface area (Å²) in [4.78, 5) is 16.4. The van der Waals surface area contributed by atoms with Crippen molar-refractivity contribution in [2.75, 3.05) is 14.1 Å². The predicted molar refractivity (Wildman–Crippen MR) is 158 cm³/mol. The van der Waals surface area contributed by atoms with E-state index in [1.807, 2.05) is 63.4 Å². The van der Waals surface area contributed by atoms with Crippen LogP contribution in [0.3, 0.4) is 0 Å². The number of likely N-dealkylation sites (N-methyl/N-ethyl adjacent to an activating group) is 1. The zero-order chi connectivity index (χ0) is 29.3. The van der Waals surface area contributed by atoms with Crippen LogP contribution in [0.4, 0.5) is 0 Å². The minimum atomic E-state index is -0.554. The maximum absolute atomic E-state index is 12.8. The normalized spacial score (nSPS) is 17.4. The highest BCUT2D eigenvalue weighted by Crippen LogP contribution is 2.38. The molecule has 210 valence electrons. The predicted octanol–water partition coefficient (Wildman–Crippen LogP) is 5.34. The minimum Gasteiger partial charge on any atom is -0.352 e. The number of aromatic nitrogens is 4. The van der Waals surface area contributed by atoms with Crippen LogP contribution in [0.2, 0.25) is 0 Å². The van der Waals surface area contributed by atoms with Crippen molar-refractivity contribution in [1.29, 1.82) is 10.5 Å². The molecule has 9 nitrogen and oxygen atoms in total. The number of hydrogen-bond donors (Lipinski definition) is 1. The number of benzene rings is 1. The van der Waals surface area contributed by atoms with E-state index in [1.54, 1.807) is 16.8 Å². The van der Waals surface area contributed by atoms with Gasteiger partial charge in [0.25, 0.3) is 0 Å². The number of carbonyl (C=O) groups is 1. The molecule has 5 rings (SSSR count). The first-order valence-corrected chi connectivity index (χ1v) is 14.6. The molecule has 1 aliphatic rings. The maximum atomic E-state index is 12.8. The van der Waals surface area contributed by atoms with Crippen LogP contribution in [0.5, 0.6) is 0 Å². The smallest absolute Gasteiger partial charge is 0.240 e. The molecule has 1 aromatic carbocycles. The molecule has 0 saturated heterocycles. The number of nitrogens with one attached hydrogen (secondary N) is 1. The van der Waals surface area contributed by atoms with Crippen molar-refractivity contribution in [1.82, 2.24) is 29.6 Å². The second-order valence-corrected chi connectivity index (χ2v) is 12.4. The molecule has 1 amide bonds. The number of pyridine rings is 1. The standard InChI is InChI=1S/C31H34N8OS/c1-20-26(18-35-39(20)25-12-10-24(11-13-25)36-30(40)31(2,3)37(4)5)22-14-28(29-23(16-33)17-34-38(29)19-22)41-27-9-7-6-8-21(27)15-32/h6-9,14,17-19,24-25H,10-13H2,1-5H3,(H,36,40)/t24-,25+. The van der Waals surface area contributed by atoms with Gasteiger partial charge in [0, 0.05) is 38.9 Å². The van der Waals surface area contributed by atoms with Crippen molar-refractivity contribution in [3.8, 4) is 23.3 Å². The summed E-state index contributed by atoms with van der Waals surface area (Å²) in [6, 6.07) is 14.4. The third kappa shape index (κ3) is 5.46. The van der Waals surface area contributed by atoms with Crippen LogP contribution in [-0.2, 0) is 4.79 Å². The van der Waals surface area contributed by atoms with Crippen molar-refractivity contribution in [2.45, 2.75) is 73.9 Å². The fraction of sp³-hybridized carbons (Fsp3) is 0.387. The summed E-state index contributed by atoms with van der Waals surface area (Å²) in [6.07, 6.45) is 9.09. The van der Waals surface area contributed by atoms with Crippen molar-refractivity contribution < 1.29 is 4.79 Å². The maximum Gasteiger partial charge on any atom is 0.240 e. The molecule has 3 aromatic heterocycles. The third-order valence-corrected chi connectivity index (χ3v) is 9.44. The van der Waals surface area contributed by atoms with E-state index in [-0.39, 0.29) is 18.0 Å². The van der Waals surface area contributed by atoms with Gasteiger partial charge in [-0.25, -0.2) is 4.52 Å². The highest BCUT2D eigenvalue weighted by molar-refractivity contribution is 7.99. The molecular formula is C31H34N8OS. The quantitative estimate of drug-likeness (QED) is 0.321. The lowest BCUT2D eigenvalue weighted by Gasteiger charge is -2.35. The Morgan fingerprint density at radius 2 is 1.76 bits per heavy atom. The lowest BCUT2D eigenvalue weighted by Crippen LogP contribution is -2.54. The first kappa shape index (κ1) is 28.4. The Labute approximate surface area is 244 Å². The van der Waals surface area contributed by atoms with Crippen LogP contribution in [0, 0.1) is 29.6 Å². The number of fused-ring (bicyclic) bond motifs is 1. The van der Waals surface area contributed by atoms with Crippen LogP contribution in [0.1, 0.15) is 62.4 Å². The molecule has 1 fully saturated rings. The average molecular weight is 567 g/mol. The van der Waals surface area contributed by atoms with Crippen molar-refractivity contribution in [2.24, 2.45) is 0 Å². The van der Waals surface area contributed by atoms with Crippen LogP contribution in [-0.4, -0.2) is 55.9 Å². The molecule has 0 aliphatic heterocycles. The zero-order valence-electron chi connectivity index (χ0n) is 24.0. The second kappa shape index (κ2) is 11.4. The van der Waals surface area contributed by atoms with Crippen LogP contribution < -0.4 is 5.32 Å². The molecule has 0 radical (unpaired) electrons. The van der Waals surface area contributed by atoms with Gasteiger partial charge in [0.2, 0.25) is 5.91 Å². The Morgan fingerprint density at radius 3 is 2.44 bits per heavy atom. The first-order chi connectivity index (χ1) is 19.6. The zero-order valence-corrected chi connectivity index (χ0v) is 24.9. The Balaban J connectivity index is 1.40. The highest BCUT2D eigenvalue weighted by atomic mass is 32.2. The van der Waals surface area contributed by atoms with Gasteiger partial charge < -0.3 is 5.32 Å². The van der Waals surface area contributed by atoms with E-state index in [0.717, 1.165) is 57.8 Å². The topological polar surface area (TPSA) is 115 Å². The van der Waals surface area contributed by atoms with Crippen LogP contribution >= 0.6 is 11.8 Å². The van der Waals surface area contributed by atoms with Gasteiger partial charge in [-0.2, -0.15) is 20.7 Å². The molecule has 0 spiro atoms. The lowest BCUT2D eigenvalue weighted by atomic mass is 9.90. The second-order valence-electron chi connectivity index (χ2n) is 11.3. The SMILES string of the molecule is Cc1c(-c2cc(Sc3ccccc3C#N)c3c(C#N)cnn3c2)cnn1[C@H]1CC[C@@H](NC(=O)C(C)(C)N(C)C)CC1. The minimum absolute atomic E-state index is 0.0585. The molecule has 1 saturated carbocycles. The van der Waals surface area contributed by atoms with Gasteiger partial charge in [-0.15, -0.1) is 0 Å². The summed E-state index contributed by atoms with van der Waals surface area (Å²) in [7, 11) is 3.85. The summed E-state index contributed by atoms with van der Waals surface area (Å²) < 4.78 is 3.86. The monoisotopic (exact) mass is 566 g/mol. The van der Waals surface area contributed by atoms with Crippen molar-refractivity contribution >= 4 is 23.2 Å². The fourth-order valence-corrected chi connectivity index (χ4v) is 6.36. The molecular weight excluding hydrogens is 532 g/mol. The van der Waals surface area contributed by atoms with Gasteiger partial charge in [0.1, 0.15) is 12.1 Å². The molecule has 1 N–H and O–H groups in total. The van der Waals surface area contributed by atoms with Gasteiger partial charge in [0.15, 0.2) is 0 Å². The number of amides is 1. The molecule has 1 aliphatic carbocycles. The Kier molecular flexibility index (Phi) is 7.90. The fourth-order valence-electron chi connectivity index (χ4n) is 5.26. The number of hydrogen-bond acceptors (Lipinski definition) is 7. The van der Waals surface area contributed by atoms with Crippen molar-refractivity contribution in [3.05, 3.63) is 65.7 Å². The molecule has 0 atom stereocenters. The number of nitriles is 2. The van der Waals surface area contributed by atoms with E-state index >= 15 is 0 Å². The van der Waals surface area contributed by atoms with E-state index in [9.17, 15) is 15.3 Å². The van der Waals surface area contributed by atoms with E-state index in [4.69, 9.17) is 5.10 Å². The lowest BCUT2D eigenvalue weighted by molar-refractivity contribution is -0.131. The number of carbonyl (C=O) groups excluding carboxylic acids is 1. The number of rotatable bonds is 7. The summed E-state index contributed by atoms with van der Waals surface area (Å²) in [5.74, 6) is 0.0585. The summed E-state index contributed by atoms with van der Waals surface area (Å²) in [5.41, 5.74) is 4.24. The molecule has 3 heterocycles. The molecule has 41 heavy (non-hydrogen) atoms.